The monoisotopic (exact) mass is 352 g/mol. The van der Waals surface area contributed by atoms with Crippen molar-refractivity contribution in [2.75, 3.05) is 12.4 Å². The standard InChI is InChI=1S/C14H13BrN2O4/c1-21-11-3-4-12(13(7-11)17(19)20)16-8-9-6-10(15)2-5-14(9)18/h2-7,16,18H,8H2,1H3. The van der Waals surface area contributed by atoms with Crippen LogP contribution in [-0.4, -0.2) is 17.1 Å². The Bertz CT molecular complexity index is 676. The molecule has 0 spiro atoms. The van der Waals surface area contributed by atoms with Crippen LogP contribution in [0.3, 0.4) is 0 Å². The molecule has 6 nitrogen and oxygen atoms in total. The number of hydrogen-bond donors (Lipinski definition) is 2. The van der Waals surface area contributed by atoms with Gasteiger partial charge in [-0.05, 0) is 30.3 Å². The van der Waals surface area contributed by atoms with Crippen molar-refractivity contribution in [2.24, 2.45) is 0 Å². The summed E-state index contributed by atoms with van der Waals surface area (Å²) in [5.74, 6) is 0.541. The molecule has 0 aromatic heterocycles. The zero-order valence-electron chi connectivity index (χ0n) is 11.2. The second-order valence-corrected chi connectivity index (χ2v) is 5.18. The smallest absolute Gasteiger partial charge is 0.296 e. The molecule has 0 heterocycles. The molecule has 7 heteroatoms. The molecule has 2 aromatic carbocycles. The average molecular weight is 353 g/mol. The van der Waals surface area contributed by atoms with E-state index in [4.69, 9.17) is 4.74 Å². The van der Waals surface area contributed by atoms with Crippen molar-refractivity contribution in [3.8, 4) is 11.5 Å². The quantitative estimate of drug-likeness (QED) is 0.633. The van der Waals surface area contributed by atoms with Gasteiger partial charge >= 0.3 is 0 Å². The number of rotatable bonds is 5. The van der Waals surface area contributed by atoms with Crippen molar-refractivity contribution in [1.82, 2.24) is 0 Å². The maximum Gasteiger partial charge on any atom is 0.296 e. The fraction of sp³-hybridized carbons (Fsp3) is 0.143. The first kappa shape index (κ1) is 15.1. The lowest BCUT2D eigenvalue weighted by Crippen LogP contribution is -2.03. The first-order valence-electron chi connectivity index (χ1n) is 6.05. The van der Waals surface area contributed by atoms with Gasteiger partial charge in [0, 0.05) is 16.6 Å². The third-order valence-electron chi connectivity index (χ3n) is 2.91. The minimum atomic E-state index is -0.481. The number of nitrogens with one attached hydrogen (secondary N) is 1. The Labute approximate surface area is 129 Å². The van der Waals surface area contributed by atoms with Crippen LogP contribution in [0.15, 0.2) is 40.9 Å². The predicted octanol–water partition coefficient (Wildman–Crippen LogP) is 3.68. The molecular weight excluding hydrogens is 340 g/mol. The number of anilines is 1. The Hall–Kier alpha value is -2.28. The Morgan fingerprint density at radius 2 is 2.10 bits per heavy atom. The number of hydrogen-bond acceptors (Lipinski definition) is 5. The van der Waals surface area contributed by atoms with Gasteiger partial charge in [0.2, 0.25) is 0 Å². The maximum absolute atomic E-state index is 11.1. The first-order chi connectivity index (χ1) is 10.0. The number of phenolic OH excluding ortho intramolecular Hbond substituents is 1. The van der Waals surface area contributed by atoms with Crippen molar-refractivity contribution in [2.45, 2.75) is 6.54 Å². The van der Waals surface area contributed by atoms with Gasteiger partial charge in [-0.1, -0.05) is 15.9 Å². The minimum absolute atomic E-state index is 0.0798. The molecule has 21 heavy (non-hydrogen) atoms. The molecule has 0 fully saturated rings. The number of ether oxygens (including phenoxy) is 1. The summed E-state index contributed by atoms with van der Waals surface area (Å²) in [7, 11) is 1.45. The zero-order valence-corrected chi connectivity index (χ0v) is 12.8. The molecule has 0 saturated heterocycles. The van der Waals surface area contributed by atoms with Crippen LogP contribution >= 0.6 is 15.9 Å². The molecule has 2 aromatic rings. The van der Waals surface area contributed by atoms with Crippen molar-refractivity contribution in [1.29, 1.82) is 0 Å². The Balaban J connectivity index is 2.23. The fourth-order valence-electron chi connectivity index (χ4n) is 1.83. The van der Waals surface area contributed by atoms with Gasteiger partial charge in [-0.25, -0.2) is 0 Å². The normalized spacial score (nSPS) is 10.2. The van der Waals surface area contributed by atoms with Crippen molar-refractivity contribution < 1.29 is 14.8 Å². The van der Waals surface area contributed by atoms with Crippen molar-refractivity contribution in [3.63, 3.8) is 0 Å². The third-order valence-corrected chi connectivity index (χ3v) is 3.41. The van der Waals surface area contributed by atoms with E-state index in [0.717, 1.165) is 4.47 Å². The SMILES string of the molecule is COc1ccc(NCc2cc(Br)ccc2O)c([N+](=O)[O-])c1. The lowest BCUT2D eigenvalue weighted by molar-refractivity contribution is -0.384. The zero-order chi connectivity index (χ0) is 15.4. The number of benzene rings is 2. The van der Waals surface area contributed by atoms with Gasteiger partial charge in [-0.3, -0.25) is 10.1 Å². The van der Waals surface area contributed by atoms with Crippen LogP contribution < -0.4 is 10.1 Å². The van der Waals surface area contributed by atoms with E-state index in [9.17, 15) is 15.2 Å². The number of nitrogens with zero attached hydrogens (tertiary/aromatic N) is 1. The topological polar surface area (TPSA) is 84.6 Å². The number of halogens is 1. The number of phenols is 1. The molecule has 0 radical (unpaired) electrons. The van der Waals surface area contributed by atoms with E-state index in [1.807, 2.05) is 0 Å². The van der Waals surface area contributed by atoms with Gasteiger partial charge in [0.05, 0.1) is 18.1 Å². The Morgan fingerprint density at radius 1 is 1.33 bits per heavy atom. The number of methoxy groups -OCH3 is 1. The van der Waals surface area contributed by atoms with Gasteiger partial charge in [0.1, 0.15) is 17.2 Å². The molecule has 0 aliphatic carbocycles. The molecule has 2 N–H and O–H groups in total. The summed E-state index contributed by atoms with van der Waals surface area (Å²) in [5.41, 5.74) is 0.915. The maximum atomic E-state index is 11.1. The number of nitro groups is 1. The number of aromatic hydroxyl groups is 1. The fourth-order valence-corrected chi connectivity index (χ4v) is 2.23. The van der Waals surface area contributed by atoms with E-state index >= 15 is 0 Å². The molecule has 0 aliphatic rings. The van der Waals surface area contributed by atoms with Crippen LogP contribution in [0.1, 0.15) is 5.56 Å². The minimum Gasteiger partial charge on any atom is -0.508 e. The highest BCUT2D eigenvalue weighted by Crippen LogP contribution is 2.30. The van der Waals surface area contributed by atoms with E-state index in [0.29, 0.717) is 17.0 Å². The van der Waals surface area contributed by atoms with E-state index in [2.05, 4.69) is 21.2 Å². The largest absolute Gasteiger partial charge is 0.508 e. The highest BCUT2D eigenvalue weighted by molar-refractivity contribution is 9.10. The van der Waals surface area contributed by atoms with Crippen molar-refractivity contribution >= 4 is 27.3 Å². The van der Waals surface area contributed by atoms with Gasteiger partial charge in [-0.15, -0.1) is 0 Å². The van der Waals surface area contributed by atoms with Gasteiger partial charge in [0.15, 0.2) is 0 Å². The summed E-state index contributed by atoms with van der Waals surface area (Å²) in [6.07, 6.45) is 0. The molecular formula is C14H13BrN2O4. The summed E-state index contributed by atoms with van der Waals surface area (Å²) in [5, 5.41) is 23.8. The highest BCUT2D eigenvalue weighted by atomic mass is 79.9. The van der Waals surface area contributed by atoms with Crippen LogP contribution in [0, 0.1) is 10.1 Å². The van der Waals surface area contributed by atoms with E-state index in [1.54, 1.807) is 30.3 Å². The third kappa shape index (κ3) is 3.63. The summed E-state index contributed by atoms with van der Waals surface area (Å²) < 4.78 is 5.80. The van der Waals surface area contributed by atoms with Crippen LogP contribution in [0.25, 0.3) is 0 Å². The van der Waals surface area contributed by atoms with Gasteiger partial charge < -0.3 is 15.2 Å². The lowest BCUT2D eigenvalue weighted by atomic mass is 10.2. The summed E-state index contributed by atoms with van der Waals surface area (Å²) in [4.78, 5) is 10.6. The van der Waals surface area contributed by atoms with E-state index in [1.165, 1.54) is 13.2 Å². The van der Waals surface area contributed by atoms with Crippen LogP contribution in [-0.2, 0) is 6.54 Å². The average Bonchev–Trinajstić information content (AvgIpc) is 2.48. The summed E-state index contributed by atoms with van der Waals surface area (Å²) >= 11 is 3.32. The van der Waals surface area contributed by atoms with Crippen LogP contribution in [0.5, 0.6) is 11.5 Å². The van der Waals surface area contributed by atoms with Crippen LogP contribution in [0.4, 0.5) is 11.4 Å². The highest BCUT2D eigenvalue weighted by Gasteiger charge is 2.15. The molecule has 110 valence electrons. The first-order valence-corrected chi connectivity index (χ1v) is 6.84. The van der Waals surface area contributed by atoms with E-state index < -0.39 is 4.92 Å². The van der Waals surface area contributed by atoms with Gasteiger partial charge in [-0.2, -0.15) is 0 Å². The second kappa shape index (κ2) is 6.45. The summed E-state index contributed by atoms with van der Waals surface area (Å²) in [6.45, 7) is 0.262. The molecule has 0 unspecified atom stereocenters. The lowest BCUT2D eigenvalue weighted by Gasteiger charge is -2.10. The molecule has 0 bridgehead atoms. The van der Waals surface area contributed by atoms with Crippen molar-refractivity contribution in [3.05, 3.63) is 56.5 Å². The molecule has 0 aliphatic heterocycles. The van der Waals surface area contributed by atoms with E-state index in [-0.39, 0.29) is 18.0 Å². The summed E-state index contributed by atoms with van der Waals surface area (Å²) in [6, 6.07) is 9.58. The number of nitro benzene ring substituents is 1. The van der Waals surface area contributed by atoms with Crippen LogP contribution in [0.2, 0.25) is 0 Å². The molecule has 0 atom stereocenters. The molecule has 0 amide bonds. The Morgan fingerprint density at radius 3 is 2.76 bits per heavy atom. The second-order valence-electron chi connectivity index (χ2n) is 4.27. The molecule has 2 rings (SSSR count). The molecule has 0 saturated carbocycles. The predicted molar refractivity (Wildman–Crippen MR) is 82.8 cm³/mol. The van der Waals surface area contributed by atoms with Gasteiger partial charge in [0.25, 0.3) is 5.69 Å². The Kier molecular flexibility index (Phi) is 4.64.